The first-order chi connectivity index (χ1) is 8.33. The fourth-order valence-electron chi connectivity index (χ4n) is 2.64. The zero-order valence-corrected chi connectivity index (χ0v) is 11.1. The van der Waals surface area contributed by atoms with E-state index in [4.69, 9.17) is 5.11 Å². The Morgan fingerprint density at radius 2 is 2.06 bits per heavy atom. The Morgan fingerprint density at radius 3 is 2.76 bits per heavy atom. The van der Waals surface area contributed by atoms with Crippen molar-refractivity contribution in [2.45, 2.75) is 25.3 Å². The summed E-state index contributed by atoms with van der Waals surface area (Å²) in [5.74, 6) is 2.48. The first-order valence-corrected chi connectivity index (χ1v) is 7.70. The topological polar surface area (TPSA) is 43.8 Å². The predicted molar refractivity (Wildman–Crippen MR) is 70.2 cm³/mol. The van der Waals surface area contributed by atoms with E-state index >= 15 is 0 Å². The number of aliphatic hydroxyl groups excluding tert-OH is 1. The van der Waals surface area contributed by atoms with Gasteiger partial charge < -0.3 is 10.0 Å². The number of likely N-dealkylation sites (tertiary alicyclic amines) is 1. The molecule has 2 fully saturated rings. The molecule has 0 saturated carbocycles. The molecule has 5 heteroatoms. The molecule has 2 aliphatic heterocycles. The SMILES string of the molecule is O=C(C1CCCN1CCCO)N1CCSCC1. The molecule has 0 aromatic heterocycles. The Balaban J connectivity index is 1.88. The molecular formula is C12H22N2O2S. The van der Waals surface area contributed by atoms with Crippen molar-refractivity contribution >= 4 is 17.7 Å². The fraction of sp³-hybridized carbons (Fsp3) is 0.917. The number of hydrogen-bond donors (Lipinski definition) is 1. The Bertz CT molecular complexity index is 257. The summed E-state index contributed by atoms with van der Waals surface area (Å²) in [5, 5.41) is 8.88. The predicted octanol–water partition coefficient (Wildman–Crippen LogP) is 0.409. The van der Waals surface area contributed by atoms with Crippen molar-refractivity contribution in [2.75, 3.05) is 44.3 Å². The lowest BCUT2D eigenvalue weighted by molar-refractivity contribution is -0.135. The summed E-state index contributed by atoms with van der Waals surface area (Å²) in [7, 11) is 0. The van der Waals surface area contributed by atoms with Crippen LogP contribution in [0.1, 0.15) is 19.3 Å². The summed E-state index contributed by atoms with van der Waals surface area (Å²) in [6.07, 6.45) is 2.89. The minimum atomic E-state index is 0.0876. The molecule has 0 aromatic rings. The van der Waals surface area contributed by atoms with Gasteiger partial charge in [-0.05, 0) is 25.8 Å². The molecule has 2 heterocycles. The molecule has 4 nitrogen and oxygen atoms in total. The average molecular weight is 258 g/mol. The average Bonchev–Trinajstić information content (AvgIpc) is 2.84. The third kappa shape index (κ3) is 3.36. The highest BCUT2D eigenvalue weighted by atomic mass is 32.2. The number of carbonyl (C=O) groups is 1. The van der Waals surface area contributed by atoms with E-state index in [1.807, 2.05) is 16.7 Å². The molecule has 1 N–H and O–H groups in total. The lowest BCUT2D eigenvalue weighted by Crippen LogP contribution is -2.48. The summed E-state index contributed by atoms with van der Waals surface area (Å²) in [6.45, 7) is 3.91. The van der Waals surface area contributed by atoms with Crippen LogP contribution in [0.2, 0.25) is 0 Å². The van der Waals surface area contributed by atoms with Gasteiger partial charge in [-0.25, -0.2) is 0 Å². The van der Waals surface area contributed by atoms with Gasteiger partial charge in [0.05, 0.1) is 6.04 Å². The van der Waals surface area contributed by atoms with Crippen LogP contribution in [0.15, 0.2) is 0 Å². The highest BCUT2D eigenvalue weighted by molar-refractivity contribution is 7.99. The van der Waals surface area contributed by atoms with Crippen LogP contribution in [0.5, 0.6) is 0 Å². The van der Waals surface area contributed by atoms with Gasteiger partial charge in [0, 0.05) is 37.7 Å². The molecule has 98 valence electrons. The Labute approximate surface area is 107 Å². The maximum atomic E-state index is 12.4. The third-order valence-corrected chi connectivity index (χ3v) is 4.52. The minimum absolute atomic E-state index is 0.0876. The largest absolute Gasteiger partial charge is 0.396 e. The molecule has 2 aliphatic rings. The number of amides is 1. The van der Waals surface area contributed by atoms with Gasteiger partial charge in [-0.2, -0.15) is 11.8 Å². The lowest BCUT2D eigenvalue weighted by atomic mass is 10.2. The molecule has 0 aromatic carbocycles. The van der Waals surface area contributed by atoms with Gasteiger partial charge in [0.1, 0.15) is 0 Å². The van der Waals surface area contributed by atoms with Gasteiger partial charge >= 0.3 is 0 Å². The van der Waals surface area contributed by atoms with Crippen LogP contribution < -0.4 is 0 Å². The monoisotopic (exact) mass is 258 g/mol. The molecule has 1 unspecified atom stereocenters. The molecule has 0 radical (unpaired) electrons. The van der Waals surface area contributed by atoms with Gasteiger partial charge in [0.2, 0.25) is 5.91 Å². The summed E-state index contributed by atoms with van der Waals surface area (Å²) in [4.78, 5) is 16.7. The molecule has 2 rings (SSSR count). The first kappa shape index (κ1) is 13.2. The fourth-order valence-corrected chi connectivity index (χ4v) is 3.54. The lowest BCUT2D eigenvalue weighted by Gasteiger charge is -2.32. The Hall–Kier alpha value is -0.260. The smallest absolute Gasteiger partial charge is 0.239 e. The van der Waals surface area contributed by atoms with Crippen molar-refractivity contribution in [3.05, 3.63) is 0 Å². The van der Waals surface area contributed by atoms with Crippen molar-refractivity contribution in [1.29, 1.82) is 0 Å². The van der Waals surface area contributed by atoms with Crippen LogP contribution in [0.25, 0.3) is 0 Å². The van der Waals surface area contributed by atoms with E-state index in [1.165, 1.54) is 0 Å². The number of aliphatic hydroxyl groups is 1. The van der Waals surface area contributed by atoms with Crippen LogP contribution in [-0.2, 0) is 4.79 Å². The van der Waals surface area contributed by atoms with E-state index in [-0.39, 0.29) is 12.6 Å². The van der Waals surface area contributed by atoms with E-state index in [9.17, 15) is 4.79 Å². The number of rotatable bonds is 4. The quantitative estimate of drug-likeness (QED) is 0.793. The molecule has 17 heavy (non-hydrogen) atoms. The third-order valence-electron chi connectivity index (χ3n) is 3.57. The Morgan fingerprint density at radius 1 is 1.29 bits per heavy atom. The van der Waals surface area contributed by atoms with Gasteiger partial charge in [0.15, 0.2) is 0 Å². The van der Waals surface area contributed by atoms with E-state index < -0.39 is 0 Å². The zero-order chi connectivity index (χ0) is 12.1. The summed E-state index contributed by atoms with van der Waals surface area (Å²) in [6, 6.07) is 0.0876. The summed E-state index contributed by atoms with van der Waals surface area (Å²) >= 11 is 1.93. The highest BCUT2D eigenvalue weighted by Crippen LogP contribution is 2.21. The Kier molecular flexibility index (Phi) is 5.13. The van der Waals surface area contributed by atoms with Crippen molar-refractivity contribution < 1.29 is 9.90 Å². The van der Waals surface area contributed by atoms with Crippen LogP contribution >= 0.6 is 11.8 Å². The van der Waals surface area contributed by atoms with Crippen molar-refractivity contribution in [2.24, 2.45) is 0 Å². The normalized spacial score (nSPS) is 26.4. The molecular weight excluding hydrogens is 236 g/mol. The molecule has 1 atom stereocenters. The molecule has 0 bridgehead atoms. The van der Waals surface area contributed by atoms with Crippen molar-refractivity contribution in [3.8, 4) is 0 Å². The minimum Gasteiger partial charge on any atom is -0.396 e. The van der Waals surface area contributed by atoms with Gasteiger partial charge in [-0.15, -0.1) is 0 Å². The van der Waals surface area contributed by atoms with E-state index in [2.05, 4.69) is 4.90 Å². The van der Waals surface area contributed by atoms with E-state index in [0.29, 0.717) is 5.91 Å². The van der Waals surface area contributed by atoms with Crippen molar-refractivity contribution in [1.82, 2.24) is 9.80 Å². The number of carbonyl (C=O) groups excluding carboxylic acids is 1. The van der Waals surface area contributed by atoms with Gasteiger partial charge in [-0.1, -0.05) is 0 Å². The molecule has 0 aliphatic carbocycles. The van der Waals surface area contributed by atoms with E-state index in [0.717, 1.165) is 56.9 Å². The maximum absolute atomic E-state index is 12.4. The van der Waals surface area contributed by atoms with Crippen LogP contribution in [-0.4, -0.2) is 71.1 Å². The zero-order valence-electron chi connectivity index (χ0n) is 10.3. The van der Waals surface area contributed by atoms with Crippen molar-refractivity contribution in [3.63, 3.8) is 0 Å². The second-order valence-corrected chi connectivity index (χ2v) is 5.93. The second-order valence-electron chi connectivity index (χ2n) is 4.71. The molecule has 1 amide bonds. The number of nitrogens with zero attached hydrogens (tertiary/aromatic N) is 2. The maximum Gasteiger partial charge on any atom is 0.239 e. The van der Waals surface area contributed by atoms with Crippen LogP contribution in [0.3, 0.4) is 0 Å². The number of hydrogen-bond acceptors (Lipinski definition) is 4. The summed E-state index contributed by atoms with van der Waals surface area (Å²) in [5.41, 5.74) is 0. The van der Waals surface area contributed by atoms with Crippen LogP contribution in [0, 0.1) is 0 Å². The molecule has 2 saturated heterocycles. The van der Waals surface area contributed by atoms with Gasteiger partial charge in [0.25, 0.3) is 0 Å². The highest BCUT2D eigenvalue weighted by Gasteiger charge is 2.33. The second kappa shape index (κ2) is 6.61. The van der Waals surface area contributed by atoms with E-state index in [1.54, 1.807) is 0 Å². The van der Waals surface area contributed by atoms with Crippen LogP contribution in [0.4, 0.5) is 0 Å². The summed E-state index contributed by atoms with van der Waals surface area (Å²) < 4.78 is 0. The molecule has 0 spiro atoms. The standard InChI is InChI=1S/C12H22N2O2S/c15-8-2-5-13-4-1-3-11(13)12(16)14-6-9-17-10-7-14/h11,15H,1-10H2. The first-order valence-electron chi connectivity index (χ1n) is 6.54. The van der Waals surface area contributed by atoms with Gasteiger partial charge in [-0.3, -0.25) is 9.69 Å². The number of thioether (sulfide) groups is 1.